The number of hydrogen-bond donors (Lipinski definition) is 1. The first-order chi connectivity index (χ1) is 18.9. The minimum atomic E-state index is -0.618. The van der Waals surface area contributed by atoms with Crippen molar-refractivity contribution in [3.63, 3.8) is 0 Å². The largest absolute Gasteiger partial charge is 0.487 e. The quantitative estimate of drug-likeness (QED) is 0.473. The van der Waals surface area contributed by atoms with Gasteiger partial charge in [-0.3, -0.25) is 9.11 Å². The number of nitrogen functional groups attached to an aromatic ring is 1. The van der Waals surface area contributed by atoms with Crippen LogP contribution in [0.15, 0.2) is 30.7 Å². The van der Waals surface area contributed by atoms with Crippen LogP contribution in [-0.2, 0) is 15.5 Å². The molecule has 206 valence electrons. The highest BCUT2D eigenvalue weighted by molar-refractivity contribution is 7.86. The van der Waals surface area contributed by atoms with Crippen LogP contribution in [0.5, 0.6) is 5.75 Å². The number of benzene rings is 1. The monoisotopic (exact) mass is 551 g/mol. The van der Waals surface area contributed by atoms with E-state index < -0.39 is 10.8 Å². The normalized spacial score (nSPS) is 35.2. The number of fused-ring (bicyclic) bond motifs is 5. The Balaban J connectivity index is 1.03. The van der Waals surface area contributed by atoms with Gasteiger partial charge in [0.15, 0.2) is 11.6 Å². The van der Waals surface area contributed by atoms with Crippen LogP contribution < -0.4 is 10.5 Å². The Labute approximate surface area is 229 Å². The predicted octanol–water partition coefficient (Wildman–Crippen LogP) is 4.07. The lowest BCUT2D eigenvalue weighted by molar-refractivity contribution is -0.0206. The third-order valence-electron chi connectivity index (χ3n) is 9.95. The molecule has 8 rings (SSSR count). The van der Waals surface area contributed by atoms with Gasteiger partial charge in [0.25, 0.3) is 0 Å². The number of halogens is 1. The summed E-state index contributed by atoms with van der Waals surface area (Å²) in [5.74, 6) is 1.76. The highest BCUT2D eigenvalue weighted by Crippen LogP contribution is 2.46. The van der Waals surface area contributed by atoms with Crippen molar-refractivity contribution in [3.8, 4) is 16.9 Å². The molecule has 2 aromatic heterocycles. The van der Waals surface area contributed by atoms with Gasteiger partial charge >= 0.3 is 0 Å². The molecule has 1 aliphatic carbocycles. The second kappa shape index (κ2) is 8.97. The third kappa shape index (κ3) is 4.01. The van der Waals surface area contributed by atoms with Crippen molar-refractivity contribution in [3.05, 3.63) is 36.5 Å². The van der Waals surface area contributed by atoms with E-state index in [0.717, 1.165) is 85.9 Å². The molecule has 39 heavy (non-hydrogen) atoms. The molecular formula is C29H34FN5O3S. The summed E-state index contributed by atoms with van der Waals surface area (Å²) >= 11 is 0. The van der Waals surface area contributed by atoms with Crippen molar-refractivity contribution in [2.45, 2.75) is 74.0 Å². The summed E-state index contributed by atoms with van der Waals surface area (Å²) in [6, 6.07) is 5.86. The van der Waals surface area contributed by atoms with Gasteiger partial charge in [0.05, 0.1) is 11.5 Å². The molecule has 3 atom stereocenters. The van der Waals surface area contributed by atoms with Crippen LogP contribution in [0.2, 0.25) is 0 Å². The number of anilines is 1. The van der Waals surface area contributed by atoms with Crippen LogP contribution >= 0.6 is 0 Å². The molecule has 4 saturated heterocycles. The van der Waals surface area contributed by atoms with Gasteiger partial charge in [-0.1, -0.05) is 6.07 Å². The zero-order chi connectivity index (χ0) is 26.3. The van der Waals surface area contributed by atoms with Gasteiger partial charge in [0.2, 0.25) is 0 Å². The van der Waals surface area contributed by atoms with Gasteiger partial charge in [-0.2, -0.15) is 0 Å². The fourth-order valence-electron chi connectivity index (χ4n) is 7.74. The van der Waals surface area contributed by atoms with Crippen molar-refractivity contribution in [2.75, 3.05) is 31.2 Å². The smallest absolute Gasteiger partial charge is 0.165 e. The Bertz CT molecular complexity index is 1460. The number of aromatic nitrogens is 3. The molecule has 0 spiro atoms. The summed E-state index contributed by atoms with van der Waals surface area (Å²) in [6.07, 6.45) is 11.3. The van der Waals surface area contributed by atoms with E-state index in [-0.39, 0.29) is 17.2 Å². The van der Waals surface area contributed by atoms with Crippen molar-refractivity contribution < 1.29 is 18.1 Å². The second-order valence-corrected chi connectivity index (χ2v) is 14.1. The SMILES string of the molecule is Nc1ncnc2c1c(-c1ccc(F)c(OCC34CCC(CC3)O4)c1)cn2C1CC(CN2C[C@H]3C[C@H]2CS3=O)C1. The van der Waals surface area contributed by atoms with Crippen LogP contribution in [0, 0.1) is 11.7 Å². The summed E-state index contributed by atoms with van der Waals surface area (Å²) in [7, 11) is -0.618. The van der Waals surface area contributed by atoms with E-state index in [4.69, 9.17) is 15.2 Å². The molecule has 6 heterocycles. The average molecular weight is 552 g/mol. The van der Waals surface area contributed by atoms with Crippen LogP contribution in [0.25, 0.3) is 22.2 Å². The van der Waals surface area contributed by atoms with Gasteiger partial charge < -0.3 is 19.8 Å². The van der Waals surface area contributed by atoms with Crippen LogP contribution in [0.4, 0.5) is 10.2 Å². The van der Waals surface area contributed by atoms with Gasteiger partial charge in [0.1, 0.15) is 30.0 Å². The molecule has 8 nitrogen and oxygen atoms in total. The maximum atomic E-state index is 14.8. The van der Waals surface area contributed by atoms with E-state index >= 15 is 0 Å². The minimum absolute atomic E-state index is 0.238. The fourth-order valence-corrected chi connectivity index (χ4v) is 9.53. The fraction of sp³-hybridized carbons (Fsp3) is 0.586. The molecule has 3 aromatic rings. The third-order valence-corrected chi connectivity index (χ3v) is 11.7. The first-order valence-electron chi connectivity index (χ1n) is 14.3. The van der Waals surface area contributed by atoms with Crippen molar-refractivity contribution >= 4 is 27.7 Å². The van der Waals surface area contributed by atoms with Gasteiger partial charge in [-0.25, -0.2) is 14.4 Å². The van der Waals surface area contributed by atoms with Gasteiger partial charge in [0, 0.05) is 58.7 Å². The molecule has 1 aromatic carbocycles. The lowest BCUT2D eigenvalue weighted by Gasteiger charge is -2.40. The summed E-state index contributed by atoms with van der Waals surface area (Å²) in [5, 5.41) is 1.18. The highest BCUT2D eigenvalue weighted by Gasteiger charge is 2.47. The van der Waals surface area contributed by atoms with Crippen molar-refractivity contribution in [1.29, 1.82) is 0 Å². The van der Waals surface area contributed by atoms with E-state index in [0.29, 0.717) is 41.8 Å². The molecular weight excluding hydrogens is 517 g/mol. The molecule has 5 fully saturated rings. The number of ether oxygens (including phenoxy) is 2. The number of hydrogen-bond acceptors (Lipinski definition) is 7. The van der Waals surface area contributed by atoms with Crippen molar-refractivity contribution in [2.24, 2.45) is 5.92 Å². The van der Waals surface area contributed by atoms with Crippen LogP contribution in [0.1, 0.15) is 51.0 Å². The molecule has 5 aliphatic rings. The molecule has 2 N–H and O–H groups in total. The molecule has 0 radical (unpaired) electrons. The Hall–Kier alpha value is -2.56. The molecule has 1 saturated carbocycles. The predicted molar refractivity (Wildman–Crippen MR) is 147 cm³/mol. The Morgan fingerprint density at radius 1 is 1.18 bits per heavy atom. The topological polar surface area (TPSA) is 95.5 Å². The van der Waals surface area contributed by atoms with E-state index in [1.165, 1.54) is 12.4 Å². The molecule has 0 amide bonds. The lowest BCUT2D eigenvalue weighted by Crippen LogP contribution is -2.44. The summed E-state index contributed by atoms with van der Waals surface area (Å²) < 4.78 is 41.3. The van der Waals surface area contributed by atoms with Crippen molar-refractivity contribution in [1.82, 2.24) is 19.4 Å². The average Bonchev–Trinajstić information content (AvgIpc) is 3.72. The molecule has 4 bridgehead atoms. The minimum Gasteiger partial charge on any atom is -0.487 e. The van der Waals surface area contributed by atoms with Gasteiger partial charge in [-0.05, 0) is 68.6 Å². The van der Waals surface area contributed by atoms with E-state index in [1.807, 2.05) is 0 Å². The Morgan fingerprint density at radius 2 is 2.03 bits per heavy atom. The highest BCUT2D eigenvalue weighted by atomic mass is 32.2. The lowest BCUT2D eigenvalue weighted by atomic mass is 9.79. The second-order valence-electron chi connectivity index (χ2n) is 12.3. The first-order valence-corrected chi connectivity index (χ1v) is 15.7. The maximum Gasteiger partial charge on any atom is 0.165 e. The zero-order valence-corrected chi connectivity index (χ0v) is 22.7. The standard InChI is InChI=1S/C29H34FN5O3S/c30-24-2-1-18(9-25(24)37-15-29-5-3-21(38-29)4-6-29)23-13-35(28-26(23)27(31)32-16-33-28)19-7-17(8-19)11-34-12-22-10-20(34)14-39(22)36/h1-2,9,13,16-17,19-22H,3-8,10-12,14-15H2,(H2,31,32,33)/t17?,19?,20-,21?,22+,29?,39?/m0/s1. The summed E-state index contributed by atoms with van der Waals surface area (Å²) in [6.45, 7) is 2.44. The summed E-state index contributed by atoms with van der Waals surface area (Å²) in [4.78, 5) is 11.5. The van der Waals surface area contributed by atoms with E-state index in [2.05, 4.69) is 25.6 Å². The van der Waals surface area contributed by atoms with E-state index in [9.17, 15) is 8.60 Å². The Morgan fingerprint density at radius 3 is 2.74 bits per heavy atom. The number of nitrogens with two attached hydrogens (primary N) is 1. The maximum absolute atomic E-state index is 14.8. The van der Waals surface area contributed by atoms with Crippen LogP contribution in [-0.4, -0.2) is 72.1 Å². The first kappa shape index (κ1) is 24.3. The number of nitrogens with zero attached hydrogens (tertiary/aromatic N) is 4. The van der Waals surface area contributed by atoms with Gasteiger partial charge in [-0.15, -0.1) is 0 Å². The molecule has 4 aliphatic heterocycles. The molecule has 10 heteroatoms. The number of likely N-dealkylation sites (tertiary alicyclic amines) is 1. The zero-order valence-electron chi connectivity index (χ0n) is 21.9. The van der Waals surface area contributed by atoms with Crippen LogP contribution in [0.3, 0.4) is 0 Å². The van der Waals surface area contributed by atoms with E-state index in [1.54, 1.807) is 12.1 Å². The Kier molecular flexibility index (Phi) is 5.58. The summed E-state index contributed by atoms with van der Waals surface area (Å²) in [5.41, 5.74) is 8.66. The molecule has 1 unspecified atom stereocenters. The number of rotatable bonds is 7.